The summed E-state index contributed by atoms with van der Waals surface area (Å²) in [4.78, 5) is 2.88. The fraction of sp³-hybridized carbons (Fsp3) is 0.636. The van der Waals surface area contributed by atoms with Gasteiger partial charge in [0.15, 0.2) is 0 Å². The lowest BCUT2D eigenvalue weighted by Crippen LogP contribution is -2.20. The summed E-state index contributed by atoms with van der Waals surface area (Å²) in [5.74, 6) is 0. The van der Waals surface area contributed by atoms with E-state index in [2.05, 4.69) is 39.1 Å². The Bertz CT molecular complexity index is 265. The molecular formula is C11H19NS. The first-order valence-electron chi connectivity index (χ1n) is 4.99. The van der Waals surface area contributed by atoms with Crippen molar-refractivity contribution in [3.63, 3.8) is 0 Å². The lowest BCUT2D eigenvalue weighted by molar-refractivity contribution is 0.537. The van der Waals surface area contributed by atoms with Crippen molar-refractivity contribution < 1.29 is 0 Å². The summed E-state index contributed by atoms with van der Waals surface area (Å²) in [6, 6.07) is 2.87. The average Bonchev–Trinajstić information content (AvgIpc) is 2.41. The van der Waals surface area contributed by atoms with Gasteiger partial charge in [0.2, 0.25) is 0 Å². The molecule has 1 N–H and O–H groups in total. The molecule has 1 rings (SSSR count). The first-order chi connectivity index (χ1) is 6.19. The second-order valence-corrected chi connectivity index (χ2v) is 4.85. The molecule has 0 bridgehead atoms. The number of rotatable bonds is 4. The van der Waals surface area contributed by atoms with Gasteiger partial charge in [0.05, 0.1) is 0 Å². The largest absolute Gasteiger partial charge is 0.310 e. The van der Waals surface area contributed by atoms with Crippen molar-refractivity contribution in [1.82, 2.24) is 5.32 Å². The lowest BCUT2D eigenvalue weighted by atomic mass is 10.1. The highest BCUT2D eigenvalue weighted by Gasteiger charge is 2.12. The van der Waals surface area contributed by atoms with E-state index < -0.39 is 0 Å². The van der Waals surface area contributed by atoms with E-state index in [9.17, 15) is 0 Å². The Morgan fingerprint density at radius 3 is 2.46 bits per heavy atom. The summed E-state index contributed by atoms with van der Waals surface area (Å²) in [6.45, 7) is 9.84. The Hall–Kier alpha value is -0.340. The summed E-state index contributed by atoms with van der Waals surface area (Å²) in [7, 11) is 0. The van der Waals surface area contributed by atoms with Gasteiger partial charge in [-0.05, 0) is 38.4 Å². The minimum absolute atomic E-state index is 0.551. The molecule has 1 aromatic heterocycles. The standard InChI is InChI=1S/C11H19NS/c1-5-11(12-6-2)10-7-8(3)13-9(10)4/h7,11-12H,5-6H2,1-4H3. The molecule has 0 spiro atoms. The van der Waals surface area contributed by atoms with Crippen LogP contribution in [0.3, 0.4) is 0 Å². The van der Waals surface area contributed by atoms with Crippen LogP contribution in [0.2, 0.25) is 0 Å². The predicted octanol–water partition coefficient (Wildman–Crippen LogP) is 3.43. The molecule has 13 heavy (non-hydrogen) atoms. The molecule has 1 heterocycles. The minimum Gasteiger partial charge on any atom is -0.310 e. The van der Waals surface area contributed by atoms with E-state index in [1.807, 2.05) is 11.3 Å². The number of hydrogen-bond acceptors (Lipinski definition) is 2. The maximum atomic E-state index is 3.51. The molecule has 0 saturated heterocycles. The average molecular weight is 197 g/mol. The van der Waals surface area contributed by atoms with Crippen molar-refractivity contribution in [2.75, 3.05) is 6.54 Å². The Kier molecular flexibility index (Phi) is 3.94. The molecule has 74 valence electrons. The number of aryl methyl sites for hydroxylation is 2. The summed E-state index contributed by atoms with van der Waals surface area (Å²) >= 11 is 1.90. The summed E-state index contributed by atoms with van der Waals surface area (Å²) in [5, 5.41) is 3.51. The molecule has 2 heteroatoms. The highest BCUT2D eigenvalue weighted by atomic mass is 32.1. The van der Waals surface area contributed by atoms with Crippen molar-refractivity contribution in [2.45, 2.75) is 40.2 Å². The van der Waals surface area contributed by atoms with Gasteiger partial charge in [0.1, 0.15) is 0 Å². The number of hydrogen-bond donors (Lipinski definition) is 1. The van der Waals surface area contributed by atoms with E-state index in [0.717, 1.165) is 6.54 Å². The SMILES string of the molecule is CCNC(CC)c1cc(C)sc1C. The third-order valence-corrected chi connectivity index (χ3v) is 3.30. The van der Waals surface area contributed by atoms with Crippen molar-refractivity contribution in [3.8, 4) is 0 Å². The second-order valence-electron chi connectivity index (χ2n) is 3.39. The minimum atomic E-state index is 0.551. The molecule has 0 aromatic carbocycles. The van der Waals surface area contributed by atoms with Crippen molar-refractivity contribution in [3.05, 3.63) is 21.4 Å². The van der Waals surface area contributed by atoms with E-state index >= 15 is 0 Å². The number of nitrogens with one attached hydrogen (secondary N) is 1. The second kappa shape index (κ2) is 4.77. The zero-order valence-corrected chi connectivity index (χ0v) is 9.79. The number of thiophene rings is 1. The van der Waals surface area contributed by atoms with E-state index in [4.69, 9.17) is 0 Å². The Morgan fingerprint density at radius 1 is 1.38 bits per heavy atom. The summed E-state index contributed by atoms with van der Waals surface area (Å²) in [5.41, 5.74) is 1.49. The van der Waals surface area contributed by atoms with Gasteiger partial charge in [-0.3, -0.25) is 0 Å². The van der Waals surface area contributed by atoms with E-state index in [1.165, 1.54) is 21.7 Å². The van der Waals surface area contributed by atoms with E-state index in [0.29, 0.717) is 6.04 Å². The van der Waals surface area contributed by atoms with E-state index in [-0.39, 0.29) is 0 Å². The van der Waals surface area contributed by atoms with Gasteiger partial charge >= 0.3 is 0 Å². The fourth-order valence-corrected chi connectivity index (χ4v) is 2.70. The van der Waals surface area contributed by atoms with Crippen LogP contribution in [0.25, 0.3) is 0 Å². The van der Waals surface area contributed by atoms with Gasteiger partial charge in [-0.15, -0.1) is 11.3 Å². The van der Waals surface area contributed by atoms with Crippen LogP contribution in [0.15, 0.2) is 6.07 Å². The van der Waals surface area contributed by atoms with Crippen LogP contribution in [0.4, 0.5) is 0 Å². The van der Waals surface area contributed by atoms with E-state index in [1.54, 1.807) is 0 Å². The van der Waals surface area contributed by atoms with Crippen LogP contribution in [-0.4, -0.2) is 6.54 Å². The first kappa shape index (κ1) is 10.7. The van der Waals surface area contributed by atoms with Crippen molar-refractivity contribution in [2.24, 2.45) is 0 Å². The highest BCUT2D eigenvalue weighted by Crippen LogP contribution is 2.27. The van der Waals surface area contributed by atoms with Gasteiger partial charge < -0.3 is 5.32 Å². The van der Waals surface area contributed by atoms with Gasteiger partial charge in [0, 0.05) is 15.8 Å². The Morgan fingerprint density at radius 2 is 2.08 bits per heavy atom. The molecule has 0 saturated carbocycles. The molecule has 0 radical (unpaired) electrons. The van der Waals surface area contributed by atoms with Gasteiger partial charge in [-0.1, -0.05) is 13.8 Å². The molecular weight excluding hydrogens is 178 g/mol. The molecule has 1 aromatic rings. The Labute approximate surface area is 85.2 Å². The topological polar surface area (TPSA) is 12.0 Å². The smallest absolute Gasteiger partial charge is 0.0328 e. The Balaban J connectivity index is 2.83. The van der Waals surface area contributed by atoms with Gasteiger partial charge in [0.25, 0.3) is 0 Å². The van der Waals surface area contributed by atoms with Crippen LogP contribution in [0, 0.1) is 13.8 Å². The molecule has 0 aliphatic heterocycles. The fourth-order valence-electron chi connectivity index (χ4n) is 1.72. The van der Waals surface area contributed by atoms with Crippen molar-refractivity contribution in [1.29, 1.82) is 0 Å². The maximum Gasteiger partial charge on any atom is 0.0328 e. The third-order valence-electron chi connectivity index (χ3n) is 2.31. The maximum absolute atomic E-state index is 3.51. The summed E-state index contributed by atoms with van der Waals surface area (Å²) in [6.07, 6.45) is 1.17. The monoisotopic (exact) mass is 197 g/mol. The molecule has 1 nitrogen and oxygen atoms in total. The molecule has 0 aliphatic carbocycles. The normalized spacial score (nSPS) is 13.2. The quantitative estimate of drug-likeness (QED) is 0.780. The van der Waals surface area contributed by atoms with Gasteiger partial charge in [-0.2, -0.15) is 0 Å². The molecule has 1 atom stereocenters. The molecule has 0 aliphatic rings. The third kappa shape index (κ3) is 2.55. The van der Waals surface area contributed by atoms with Crippen molar-refractivity contribution >= 4 is 11.3 Å². The molecule has 1 unspecified atom stereocenters. The summed E-state index contributed by atoms with van der Waals surface area (Å²) < 4.78 is 0. The molecule has 0 fully saturated rings. The van der Waals surface area contributed by atoms with Gasteiger partial charge in [-0.25, -0.2) is 0 Å². The zero-order chi connectivity index (χ0) is 9.84. The van der Waals surface area contributed by atoms with Crippen LogP contribution in [0.1, 0.15) is 41.6 Å². The van der Waals surface area contributed by atoms with Crippen LogP contribution in [-0.2, 0) is 0 Å². The van der Waals surface area contributed by atoms with Crippen LogP contribution >= 0.6 is 11.3 Å². The van der Waals surface area contributed by atoms with Crippen LogP contribution < -0.4 is 5.32 Å². The lowest BCUT2D eigenvalue weighted by Gasteiger charge is -2.15. The molecule has 0 amide bonds. The van der Waals surface area contributed by atoms with Crippen LogP contribution in [0.5, 0.6) is 0 Å². The predicted molar refractivity (Wildman–Crippen MR) is 60.5 cm³/mol. The zero-order valence-electron chi connectivity index (χ0n) is 8.98. The first-order valence-corrected chi connectivity index (χ1v) is 5.81. The highest BCUT2D eigenvalue weighted by molar-refractivity contribution is 7.12.